The Kier molecular flexibility index (Phi) is 3.29. The van der Waals surface area contributed by atoms with Crippen molar-refractivity contribution in [2.75, 3.05) is 6.61 Å². The van der Waals surface area contributed by atoms with Gasteiger partial charge in [-0.2, -0.15) is 0 Å². The third-order valence-electron chi connectivity index (χ3n) is 1.59. The summed E-state index contributed by atoms with van der Waals surface area (Å²) in [5.41, 5.74) is 1.18. The highest BCUT2D eigenvalue weighted by molar-refractivity contribution is 5.87. The molecule has 0 heterocycles. The van der Waals surface area contributed by atoms with Gasteiger partial charge >= 0.3 is 5.97 Å². The molecule has 14 heavy (non-hydrogen) atoms. The number of benzene rings is 1. The number of aromatic carboxylic acids is 1. The summed E-state index contributed by atoms with van der Waals surface area (Å²) in [6, 6.07) is 6.28. The zero-order valence-electron chi connectivity index (χ0n) is 7.99. The van der Waals surface area contributed by atoms with Crippen molar-refractivity contribution in [1.82, 2.24) is 0 Å². The van der Waals surface area contributed by atoms with Crippen LogP contribution in [0.15, 0.2) is 36.4 Å². The van der Waals surface area contributed by atoms with Gasteiger partial charge in [-0.15, -0.1) is 0 Å². The van der Waals surface area contributed by atoms with E-state index in [0.717, 1.165) is 5.57 Å². The highest BCUT2D eigenvalue weighted by Crippen LogP contribution is 2.12. The van der Waals surface area contributed by atoms with Crippen molar-refractivity contribution in [2.45, 2.75) is 6.92 Å². The number of rotatable bonds is 4. The van der Waals surface area contributed by atoms with Gasteiger partial charge in [0.25, 0.3) is 0 Å². The second-order valence-corrected chi connectivity index (χ2v) is 3.08. The molecule has 1 rings (SSSR count). The van der Waals surface area contributed by atoms with Gasteiger partial charge in [0.1, 0.15) is 12.4 Å². The third kappa shape index (κ3) is 2.94. The molecule has 1 aromatic carbocycles. The fourth-order valence-electron chi connectivity index (χ4n) is 0.900. The molecule has 3 heteroatoms. The normalized spacial score (nSPS) is 9.50. The SMILES string of the molecule is C=C(C)COc1ccc(C(=O)O)cc1. The van der Waals surface area contributed by atoms with Gasteiger partial charge in [0.2, 0.25) is 0 Å². The predicted octanol–water partition coefficient (Wildman–Crippen LogP) is 2.34. The van der Waals surface area contributed by atoms with Crippen LogP contribution in [0.3, 0.4) is 0 Å². The van der Waals surface area contributed by atoms with Crippen molar-refractivity contribution in [3.63, 3.8) is 0 Å². The summed E-state index contributed by atoms with van der Waals surface area (Å²) in [5.74, 6) is -0.283. The van der Waals surface area contributed by atoms with Crippen LogP contribution in [0.5, 0.6) is 5.75 Å². The minimum atomic E-state index is -0.934. The molecule has 1 N–H and O–H groups in total. The summed E-state index contributed by atoms with van der Waals surface area (Å²) < 4.78 is 5.31. The van der Waals surface area contributed by atoms with Crippen LogP contribution >= 0.6 is 0 Å². The molecule has 74 valence electrons. The molecule has 1 aromatic rings. The van der Waals surface area contributed by atoms with E-state index >= 15 is 0 Å². The molecule has 0 radical (unpaired) electrons. The molecule has 0 saturated carbocycles. The average Bonchev–Trinajstić information content (AvgIpc) is 2.15. The second-order valence-electron chi connectivity index (χ2n) is 3.08. The van der Waals surface area contributed by atoms with Gasteiger partial charge < -0.3 is 9.84 Å². The van der Waals surface area contributed by atoms with Crippen LogP contribution in [0.25, 0.3) is 0 Å². The first-order chi connectivity index (χ1) is 6.59. The van der Waals surface area contributed by atoms with Crippen LogP contribution in [0.4, 0.5) is 0 Å². The highest BCUT2D eigenvalue weighted by atomic mass is 16.5. The minimum absolute atomic E-state index is 0.257. The zero-order chi connectivity index (χ0) is 10.6. The quantitative estimate of drug-likeness (QED) is 0.745. The molecular formula is C11H12O3. The summed E-state index contributed by atoms with van der Waals surface area (Å²) in [6.45, 7) is 6.01. The maximum Gasteiger partial charge on any atom is 0.335 e. The lowest BCUT2D eigenvalue weighted by atomic mass is 10.2. The van der Waals surface area contributed by atoms with Crippen LogP contribution in [-0.4, -0.2) is 17.7 Å². The number of hydrogen-bond donors (Lipinski definition) is 1. The fourth-order valence-corrected chi connectivity index (χ4v) is 0.900. The maximum absolute atomic E-state index is 10.5. The first-order valence-electron chi connectivity index (χ1n) is 4.20. The minimum Gasteiger partial charge on any atom is -0.489 e. The van der Waals surface area contributed by atoms with E-state index in [1.54, 1.807) is 12.1 Å². The molecule has 0 aliphatic carbocycles. The molecule has 3 nitrogen and oxygen atoms in total. The van der Waals surface area contributed by atoms with Crippen LogP contribution < -0.4 is 4.74 Å². The van der Waals surface area contributed by atoms with E-state index in [1.807, 2.05) is 6.92 Å². The Hall–Kier alpha value is -1.77. The lowest BCUT2D eigenvalue weighted by Gasteiger charge is -2.05. The molecule has 0 aromatic heterocycles. The van der Waals surface area contributed by atoms with E-state index < -0.39 is 5.97 Å². The smallest absolute Gasteiger partial charge is 0.335 e. The molecule has 0 unspecified atom stereocenters. The average molecular weight is 192 g/mol. The van der Waals surface area contributed by atoms with E-state index in [9.17, 15) is 4.79 Å². The van der Waals surface area contributed by atoms with E-state index in [4.69, 9.17) is 9.84 Å². The Labute approximate surface area is 82.6 Å². The number of carboxylic acids is 1. The monoisotopic (exact) mass is 192 g/mol. The molecule has 0 atom stereocenters. The molecule has 0 bridgehead atoms. The van der Waals surface area contributed by atoms with Crippen molar-refractivity contribution in [1.29, 1.82) is 0 Å². The fraction of sp³-hybridized carbons (Fsp3) is 0.182. The van der Waals surface area contributed by atoms with Gasteiger partial charge in [-0.3, -0.25) is 0 Å². The van der Waals surface area contributed by atoms with Gasteiger partial charge in [-0.1, -0.05) is 6.58 Å². The van der Waals surface area contributed by atoms with Gasteiger partial charge in [-0.05, 0) is 36.8 Å². The van der Waals surface area contributed by atoms with Gasteiger partial charge in [-0.25, -0.2) is 4.79 Å². The Bertz CT molecular complexity index is 338. The van der Waals surface area contributed by atoms with Gasteiger partial charge in [0, 0.05) is 0 Å². The van der Waals surface area contributed by atoms with E-state index in [0.29, 0.717) is 12.4 Å². The van der Waals surface area contributed by atoms with Crippen LogP contribution in [0, 0.1) is 0 Å². The molecule has 0 aliphatic heterocycles. The van der Waals surface area contributed by atoms with Crippen molar-refractivity contribution in [2.24, 2.45) is 0 Å². The topological polar surface area (TPSA) is 46.5 Å². The van der Waals surface area contributed by atoms with Crippen LogP contribution in [0.2, 0.25) is 0 Å². The molecular weight excluding hydrogens is 180 g/mol. The predicted molar refractivity (Wildman–Crippen MR) is 53.7 cm³/mol. The standard InChI is InChI=1S/C11H12O3/c1-8(2)7-14-10-5-3-9(4-6-10)11(12)13/h3-6H,1,7H2,2H3,(H,12,13). The van der Waals surface area contributed by atoms with Crippen LogP contribution in [0.1, 0.15) is 17.3 Å². The summed E-state index contributed by atoms with van der Waals surface area (Å²) >= 11 is 0. The lowest BCUT2D eigenvalue weighted by molar-refractivity contribution is 0.0697. The second kappa shape index (κ2) is 4.46. The number of hydrogen-bond acceptors (Lipinski definition) is 2. The van der Waals surface area contributed by atoms with Crippen molar-refractivity contribution < 1.29 is 14.6 Å². The van der Waals surface area contributed by atoms with E-state index in [1.165, 1.54) is 12.1 Å². The highest BCUT2D eigenvalue weighted by Gasteiger charge is 2.01. The van der Waals surface area contributed by atoms with Crippen molar-refractivity contribution in [3.05, 3.63) is 42.0 Å². The van der Waals surface area contributed by atoms with Crippen molar-refractivity contribution in [3.8, 4) is 5.75 Å². The third-order valence-corrected chi connectivity index (χ3v) is 1.59. The Morgan fingerprint density at radius 3 is 2.43 bits per heavy atom. The van der Waals surface area contributed by atoms with Crippen molar-refractivity contribution >= 4 is 5.97 Å². The van der Waals surface area contributed by atoms with Gasteiger partial charge in [0.05, 0.1) is 5.56 Å². The van der Waals surface area contributed by atoms with Crippen LogP contribution in [-0.2, 0) is 0 Å². The molecule has 0 fully saturated rings. The molecule has 0 amide bonds. The largest absolute Gasteiger partial charge is 0.489 e. The Morgan fingerprint density at radius 2 is 2.00 bits per heavy atom. The Morgan fingerprint density at radius 1 is 1.43 bits per heavy atom. The molecule has 0 saturated heterocycles. The number of carbonyl (C=O) groups is 1. The maximum atomic E-state index is 10.5. The van der Waals surface area contributed by atoms with Gasteiger partial charge in [0.15, 0.2) is 0 Å². The first-order valence-corrected chi connectivity index (χ1v) is 4.20. The van der Waals surface area contributed by atoms with E-state index in [-0.39, 0.29) is 5.56 Å². The van der Waals surface area contributed by atoms with E-state index in [2.05, 4.69) is 6.58 Å². The lowest BCUT2D eigenvalue weighted by Crippen LogP contribution is -1.99. The summed E-state index contributed by atoms with van der Waals surface area (Å²) in [5, 5.41) is 8.64. The molecule has 0 spiro atoms. The summed E-state index contributed by atoms with van der Waals surface area (Å²) in [7, 11) is 0. The molecule has 0 aliphatic rings. The number of carboxylic acid groups (broad SMARTS) is 1. The zero-order valence-corrected chi connectivity index (χ0v) is 7.99. The Balaban J connectivity index is 2.64. The number of ether oxygens (including phenoxy) is 1. The first kappa shape index (κ1) is 10.3. The summed E-state index contributed by atoms with van der Waals surface area (Å²) in [4.78, 5) is 10.5. The summed E-state index contributed by atoms with van der Waals surface area (Å²) in [6.07, 6.45) is 0.